The lowest BCUT2D eigenvalue weighted by atomic mass is 9.85. The fourth-order valence-electron chi connectivity index (χ4n) is 6.06. The van der Waals surface area contributed by atoms with Crippen molar-refractivity contribution >= 4 is 17.1 Å². The third-order valence-electron chi connectivity index (χ3n) is 8.15. The lowest BCUT2D eigenvalue weighted by Crippen LogP contribution is -2.45. The third-order valence-corrected chi connectivity index (χ3v) is 8.15. The summed E-state index contributed by atoms with van der Waals surface area (Å²) in [5.74, 6) is 1.28. The minimum Gasteiger partial charge on any atom is -0.483 e. The molecule has 5 rings (SSSR count). The van der Waals surface area contributed by atoms with Crippen LogP contribution in [-0.2, 0) is 4.79 Å². The number of ether oxygens (including phenoxy) is 3. The molecule has 0 radical (unpaired) electrons. The maximum Gasteiger partial charge on any atom is 0.323 e. The van der Waals surface area contributed by atoms with Crippen molar-refractivity contribution < 1.29 is 27.8 Å². The molecule has 0 spiro atoms. The van der Waals surface area contributed by atoms with Gasteiger partial charge < -0.3 is 23.5 Å². The van der Waals surface area contributed by atoms with Crippen LogP contribution in [0.25, 0.3) is 22.7 Å². The Hall–Kier alpha value is -3.43. The van der Waals surface area contributed by atoms with Crippen LogP contribution in [0.3, 0.4) is 0 Å². The summed E-state index contributed by atoms with van der Waals surface area (Å²) < 4.78 is 38.3. The Bertz CT molecular complexity index is 1390. The van der Waals surface area contributed by atoms with E-state index in [0.29, 0.717) is 36.6 Å². The van der Waals surface area contributed by atoms with Gasteiger partial charge in [0.25, 0.3) is 17.5 Å². The standard InChI is InChI=1S/C32H43FN4O5/c1-7-15-39-29-26-30(36-31(35-29)41-23-12-9-8-11-22(23)33)42-28(34-26)21-16-19(2)27(20(3)17-21)40-18-25(38)37-14-10-13-24(37)32(4,5)6/h16-17,22-24H,7-15,18H2,1-6H3/t22-,23-,24+/m1/s1. The number of aromatic nitrogens is 3. The van der Waals surface area contributed by atoms with E-state index in [1.165, 1.54) is 0 Å². The van der Waals surface area contributed by atoms with Crippen LogP contribution in [0.5, 0.6) is 17.6 Å². The molecule has 1 amide bonds. The molecular weight excluding hydrogens is 539 g/mol. The summed E-state index contributed by atoms with van der Waals surface area (Å²) in [5, 5.41) is 0. The SMILES string of the molecule is CCCOc1nc(O[C@@H]2CCCC[C@H]2F)nc2oc(-c3cc(C)c(OCC(=O)N4CCC[C@H]4C(C)(C)C)c(C)c3)nc12. The first-order chi connectivity index (χ1) is 20.0. The van der Waals surface area contributed by atoms with E-state index in [4.69, 9.17) is 18.6 Å². The number of amides is 1. The maximum atomic E-state index is 14.4. The first-order valence-electron chi connectivity index (χ1n) is 15.2. The van der Waals surface area contributed by atoms with Gasteiger partial charge in [0.1, 0.15) is 18.0 Å². The van der Waals surface area contributed by atoms with Crippen LogP contribution in [0.4, 0.5) is 4.39 Å². The molecule has 3 atom stereocenters. The number of likely N-dealkylation sites (tertiary alicyclic amines) is 1. The zero-order valence-electron chi connectivity index (χ0n) is 25.7. The van der Waals surface area contributed by atoms with E-state index < -0.39 is 12.3 Å². The van der Waals surface area contributed by atoms with Crippen LogP contribution in [0.15, 0.2) is 16.5 Å². The van der Waals surface area contributed by atoms with Crippen LogP contribution < -0.4 is 14.2 Å². The highest BCUT2D eigenvalue weighted by Gasteiger charge is 2.37. The second-order valence-corrected chi connectivity index (χ2v) is 12.6. The molecule has 3 heterocycles. The second kappa shape index (κ2) is 12.4. The molecule has 1 aliphatic heterocycles. The molecule has 10 heteroatoms. The van der Waals surface area contributed by atoms with Crippen molar-refractivity contribution in [2.75, 3.05) is 19.8 Å². The minimum absolute atomic E-state index is 0.00623. The number of aryl methyl sites for hydroxylation is 2. The van der Waals surface area contributed by atoms with Gasteiger partial charge in [-0.15, -0.1) is 0 Å². The van der Waals surface area contributed by atoms with Crippen molar-refractivity contribution in [2.45, 2.75) is 105 Å². The van der Waals surface area contributed by atoms with Gasteiger partial charge in [-0.05, 0) is 81.0 Å². The number of oxazole rings is 1. The van der Waals surface area contributed by atoms with Gasteiger partial charge in [-0.2, -0.15) is 9.97 Å². The molecule has 0 N–H and O–H groups in total. The van der Waals surface area contributed by atoms with Gasteiger partial charge in [-0.3, -0.25) is 4.79 Å². The summed E-state index contributed by atoms with van der Waals surface area (Å²) in [6.45, 7) is 13.6. The molecule has 1 aliphatic carbocycles. The molecule has 0 unspecified atom stereocenters. The molecular formula is C32H43FN4O5. The van der Waals surface area contributed by atoms with Crippen molar-refractivity contribution in [3.63, 3.8) is 0 Å². The fourth-order valence-corrected chi connectivity index (χ4v) is 6.06. The largest absolute Gasteiger partial charge is 0.483 e. The van der Waals surface area contributed by atoms with E-state index in [1.54, 1.807) is 0 Å². The number of nitrogens with zero attached hydrogens (tertiary/aromatic N) is 4. The van der Waals surface area contributed by atoms with E-state index in [2.05, 4.69) is 35.7 Å². The monoisotopic (exact) mass is 582 g/mol. The Labute approximate surface area is 247 Å². The van der Waals surface area contributed by atoms with E-state index in [0.717, 1.165) is 55.3 Å². The summed E-state index contributed by atoms with van der Waals surface area (Å²) >= 11 is 0. The molecule has 3 aromatic rings. The van der Waals surface area contributed by atoms with E-state index in [9.17, 15) is 9.18 Å². The van der Waals surface area contributed by atoms with Gasteiger partial charge in [-0.25, -0.2) is 9.37 Å². The fraction of sp³-hybridized carbons (Fsp3) is 0.625. The number of carbonyl (C=O) groups excluding carboxylic acids is 1. The number of hydrogen-bond acceptors (Lipinski definition) is 8. The highest BCUT2D eigenvalue weighted by Crippen LogP contribution is 2.36. The van der Waals surface area contributed by atoms with Gasteiger partial charge in [0, 0.05) is 18.2 Å². The molecule has 1 saturated heterocycles. The molecule has 42 heavy (non-hydrogen) atoms. The van der Waals surface area contributed by atoms with Crippen molar-refractivity contribution in [1.29, 1.82) is 0 Å². The third kappa shape index (κ3) is 6.47. The lowest BCUT2D eigenvalue weighted by molar-refractivity contribution is -0.136. The zero-order valence-corrected chi connectivity index (χ0v) is 25.7. The van der Waals surface area contributed by atoms with E-state index in [-0.39, 0.29) is 41.6 Å². The molecule has 1 aromatic carbocycles. The summed E-state index contributed by atoms with van der Waals surface area (Å²) in [4.78, 5) is 28.5. The Morgan fingerprint density at radius 1 is 1.05 bits per heavy atom. The minimum atomic E-state index is -1.06. The van der Waals surface area contributed by atoms with Crippen LogP contribution in [0, 0.1) is 19.3 Å². The van der Waals surface area contributed by atoms with Gasteiger partial charge in [0.2, 0.25) is 5.89 Å². The van der Waals surface area contributed by atoms with Crippen molar-refractivity contribution in [3.05, 3.63) is 23.3 Å². The molecule has 1 saturated carbocycles. The number of benzene rings is 1. The molecule has 2 fully saturated rings. The van der Waals surface area contributed by atoms with E-state index in [1.807, 2.05) is 37.8 Å². The van der Waals surface area contributed by atoms with Crippen LogP contribution in [-0.4, -0.2) is 63.8 Å². The molecule has 0 bridgehead atoms. The van der Waals surface area contributed by atoms with Crippen LogP contribution in [0.2, 0.25) is 0 Å². The highest BCUT2D eigenvalue weighted by molar-refractivity contribution is 5.79. The molecule has 2 aromatic heterocycles. The summed E-state index contributed by atoms with van der Waals surface area (Å²) in [5.41, 5.74) is 3.08. The van der Waals surface area contributed by atoms with Gasteiger partial charge >= 0.3 is 6.01 Å². The normalized spacial score (nSPS) is 21.1. The number of carbonyl (C=O) groups is 1. The summed E-state index contributed by atoms with van der Waals surface area (Å²) in [6, 6.07) is 4.08. The zero-order chi connectivity index (χ0) is 30.0. The van der Waals surface area contributed by atoms with Crippen molar-refractivity contribution in [3.8, 4) is 29.1 Å². The average Bonchev–Trinajstić information content (AvgIpc) is 3.60. The lowest BCUT2D eigenvalue weighted by Gasteiger charge is -2.35. The van der Waals surface area contributed by atoms with Gasteiger partial charge in [-0.1, -0.05) is 34.1 Å². The second-order valence-electron chi connectivity index (χ2n) is 12.6. The van der Waals surface area contributed by atoms with Crippen LogP contribution >= 0.6 is 0 Å². The Morgan fingerprint density at radius 2 is 1.79 bits per heavy atom. The first kappa shape index (κ1) is 30.0. The van der Waals surface area contributed by atoms with E-state index >= 15 is 0 Å². The highest BCUT2D eigenvalue weighted by atomic mass is 19.1. The molecule has 9 nitrogen and oxygen atoms in total. The summed E-state index contributed by atoms with van der Waals surface area (Å²) in [7, 11) is 0. The number of hydrogen-bond donors (Lipinski definition) is 0. The summed E-state index contributed by atoms with van der Waals surface area (Å²) in [6.07, 6.45) is 4.01. The molecule has 228 valence electrons. The topological polar surface area (TPSA) is 99.8 Å². The number of alkyl halides is 1. The predicted molar refractivity (Wildman–Crippen MR) is 158 cm³/mol. The van der Waals surface area contributed by atoms with Gasteiger partial charge in [0.15, 0.2) is 12.1 Å². The van der Waals surface area contributed by atoms with Crippen molar-refractivity contribution in [1.82, 2.24) is 19.9 Å². The maximum absolute atomic E-state index is 14.4. The Balaban J connectivity index is 1.37. The quantitative estimate of drug-likeness (QED) is 0.273. The number of rotatable bonds is 9. The number of fused-ring (bicyclic) bond motifs is 1. The molecule has 2 aliphatic rings. The Morgan fingerprint density at radius 3 is 2.48 bits per heavy atom. The van der Waals surface area contributed by atoms with Crippen LogP contribution in [0.1, 0.15) is 83.8 Å². The number of halogens is 1. The smallest absolute Gasteiger partial charge is 0.323 e. The first-order valence-corrected chi connectivity index (χ1v) is 15.2. The average molecular weight is 583 g/mol. The predicted octanol–water partition coefficient (Wildman–Crippen LogP) is 6.77. The van der Waals surface area contributed by atoms with Gasteiger partial charge in [0.05, 0.1) is 6.61 Å². The Kier molecular flexibility index (Phi) is 8.89. The van der Waals surface area contributed by atoms with Crippen molar-refractivity contribution in [2.24, 2.45) is 5.41 Å².